The maximum Gasteiger partial charge on any atom is 0.341 e. The summed E-state index contributed by atoms with van der Waals surface area (Å²) in [7, 11) is 0. The molecule has 0 saturated heterocycles. The maximum absolute atomic E-state index is 11.7. The van der Waals surface area contributed by atoms with Crippen molar-refractivity contribution in [1.82, 2.24) is 9.97 Å². The zero-order chi connectivity index (χ0) is 14.4. The molecule has 20 heavy (non-hydrogen) atoms. The zero-order valence-corrected chi connectivity index (χ0v) is 11.8. The third-order valence-corrected chi connectivity index (χ3v) is 3.00. The van der Waals surface area contributed by atoms with E-state index in [1.165, 1.54) is 5.56 Å². The second-order valence-corrected chi connectivity index (χ2v) is 4.49. The van der Waals surface area contributed by atoms with Crippen LogP contribution in [0.3, 0.4) is 0 Å². The van der Waals surface area contributed by atoms with E-state index < -0.39 is 0 Å². The van der Waals surface area contributed by atoms with Crippen molar-refractivity contribution in [2.45, 2.75) is 26.7 Å². The Balaban J connectivity index is 2.04. The van der Waals surface area contributed by atoms with E-state index in [2.05, 4.69) is 22.1 Å². The fourth-order valence-electron chi connectivity index (χ4n) is 1.95. The van der Waals surface area contributed by atoms with Crippen LogP contribution < -0.4 is 0 Å². The quantitative estimate of drug-likeness (QED) is 0.784. The minimum Gasteiger partial charge on any atom is -0.462 e. The second-order valence-electron chi connectivity index (χ2n) is 4.49. The third kappa shape index (κ3) is 3.63. The largest absolute Gasteiger partial charge is 0.462 e. The maximum atomic E-state index is 11.7. The van der Waals surface area contributed by atoms with Gasteiger partial charge in [0.05, 0.1) is 17.9 Å². The Morgan fingerprint density at radius 3 is 2.60 bits per heavy atom. The lowest BCUT2D eigenvalue weighted by Crippen LogP contribution is -2.10. The number of aryl methyl sites for hydroxylation is 3. The predicted octanol–water partition coefficient (Wildman–Crippen LogP) is 2.75. The van der Waals surface area contributed by atoms with Gasteiger partial charge in [0, 0.05) is 12.6 Å². The van der Waals surface area contributed by atoms with Crippen LogP contribution in [0.1, 0.15) is 34.4 Å². The number of hydrogen-bond donors (Lipinski definition) is 0. The zero-order valence-electron chi connectivity index (χ0n) is 11.8. The highest BCUT2D eigenvalue weighted by Crippen LogP contribution is 2.08. The molecule has 2 aromatic rings. The van der Waals surface area contributed by atoms with Crippen molar-refractivity contribution in [3.05, 3.63) is 59.2 Å². The van der Waals surface area contributed by atoms with Gasteiger partial charge in [-0.2, -0.15) is 0 Å². The molecular weight excluding hydrogens is 252 g/mol. The number of carbonyl (C=O) groups is 1. The molecule has 4 nitrogen and oxygen atoms in total. The van der Waals surface area contributed by atoms with E-state index in [4.69, 9.17) is 4.74 Å². The summed E-state index contributed by atoms with van der Waals surface area (Å²) in [5.74, 6) is 0.388. The van der Waals surface area contributed by atoms with Crippen molar-refractivity contribution in [1.29, 1.82) is 0 Å². The Morgan fingerprint density at radius 2 is 1.95 bits per heavy atom. The van der Waals surface area contributed by atoms with Gasteiger partial charge in [0.2, 0.25) is 0 Å². The van der Waals surface area contributed by atoms with Crippen LogP contribution in [-0.2, 0) is 17.6 Å². The predicted molar refractivity (Wildman–Crippen MR) is 76.6 cm³/mol. The summed E-state index contributed by atoms with van der Waals surface area (Å²) in [5, 5.41) is 0. The Labute approximate surface area is 118 Å². The SMILES string of the molecule is CCOC(=O)c1cnc(CCc2ccccc2)nc1C. The van der Waals surface area contributed by atoms with Crippen LogP contribution in [0.15, 0.2) is 36.5 Å². The summed E-state index contributed by atoms with van der Waals surface area (Å²) in [6.45, 7) is 3.94. The van der Waals surface area contributed by atoms with E-state index in [0.29, 0.717) is 17.9 Å². The third-order valence-electron chi connectivity index (χ3n) is 3.00. The molecule has 0 aliphatic heterocycles. The molecule has 0 bridgehead atoms. The Hall–Kier alpha value is -2.23. The first kappa shape index (κ1) is 14.2. The molecule has 2 rings (SSSR count). The van der Waals surface area contributed by atoms with Gasteiger partial charge in [0.25, 0.3) is 0 Å². The van der Waals surface area contributed by atoms with Gasteiger partial charge in [-0.15, -0.1) is 0 Å². The van der Waals surface area contributed by atoms with Gasteiger partial charge in [0.1, 0.15) is 5.82 Å². The molecular formula is C16H18N2O2. The van der Waals surface area contributed by atoms with Crippen LogP contribution in [0.4, 0.5) is 0 Å². The molecule has 0 unspecified atom stereocenters. The second kappa shape index (κ2) is 6.80. The molecule has 0 aliphatic rings. The summed E-state index contributed by atoms with van der Waals surface area (Å²) in [4.78, 5) is 20.3. The first-order chi connectivity index (χ1) is 9.70. The first-order valence-electron chi connectivity index (χ1n) is 6.74. The van der Waals surface area contributed by atoms with Crippen LogP contribution in [0.5, 0.6) is 0 Å². The van der Waals surface area contributed by atoms with E-state index in [1.54, 1.807) is 20.0 Å². The van der Waals surface area contributed by atoms with Crippen molar-refractivity contribution in [2.24, 2.45) is 0 Å². The number of ether oxygens (including phenoxy) is 1. The van der Waals surface area contributed by atoms with Gasteiger partial charge in [0.15, 0.2) is 0 Å². The van der Waals surface area contributed by atoms with Gasteiger partial charge in [-0.05, 0) is 25.8 Å². The van der Waals surface area contributed by atoms with E-state index >= 15 is 0 Å². The molecule has 0 saturated carbocycles. The Kier molecular flexibility index (Phi) is 4.82. The topological polar surface area (TPSA) is 52.1 Å². The van der Waals surface area contributed by atoms with Crippen LogP contribution in [-0.4, -0.2) is 22.5 Å². The molecule has 0 atom stereocenters. The van der Waals surface area contributed by atoms with Crippen molar-refractivity contribution in [2.75, 3.05) is 6.61 Å². The average Bonchev–Trinajstić information content (AvgIpc) is 2.46. The lowest BCUT2D eigenvalue weighted by molar-refractivity contribution is 0.0524. The molecule has 104 valence electrons. The number of carbonyl (C=O) groups excluding carboxylic acids is 1. The molecule has 0 radical (unpaired) electrons. The fourth-order valence-corrected chi connectivity index (χ4v) is 1.95. The van der Waals surface area contributed by atoms with Gasteiger partial charge < -0.3 is 4.74 Å². The standard InChI is InChI=1S/C16H18N2O2/c1-3-20-16(19)14-11-17-15(18-12(14)2)10-9-13-7-5-4-6-8-13/h4-8,11H,3,9-10H2,1-2H3. The van der Waals surface area contributed by atoms with E-state index in [0.717, 1.165) is 18.7 Å². The van der Waals surface area contributed by atoms with Crippen molar-refractivity contribution in [3.8, 4) is 0 Å². The summed E-state index contributed by atoms with van der Waals surface area (Å²) >= 11 is 0. The smallest absolute Gasteiger partial charge is 0.341 e. The number of hydrogen-bond acceptors (Lipinski definition) is 4. The number of aromatic nitrogens is 2. The highest BCUT2D eigenvalue weighted by Gasteiger charge is 2.12. The van der Waals surface area contributed by atoms with Crippen LogP contribution in [0.25, 0.3) is 0 Å². The lowest BCUT2D eigenvalue weighted by Gasteiger charge is -2.06. The molecule has 4 heteroatoms. The number of esters is 1. The van der Waals surface area contributed by atoms with Crippen LogP contribution in [0.2, 0.25) is 0 Å². The Bertz CT molecular complexity index is 582. The van der Waals surface area contributed by atoms with E-state index in [9.17, 15) is 4.79 Å². The molecule has 0 N–H and O–H groups in total. The van der Waals surface area contributed by atoms with Gasteiger partial charge in [-0.3, -0.25) is 0 Å². The summed E-state index contributed by atoms with van der Waals surface area (Å²) < 4.78 is 4.96. The molecule has 1 aromatic carbocycles. The average molecular weight is 270 g/mol. The molecule has 0 aliphatic carbocycles. The lowest BCUT2D eigenvalue weighted by atomic mass is 10.1. The fraction of sp³-hybridized carbons (Fsp3) is 0.312. The van der Waals surface area contributed by atoms with Gasteiger partial charge in [-0.1, -0.05) is 30.3 Å². The van der Waals surface area contributed by atoms with Gasteiger partial charge in [-0.25, -0.2) is 14.8 Å². The highest BCUT2D eigenvalue weighted by atomic mass is 16.5. The Morgan fingerprint density at radius 1 is 1.20 bits per heavy atom. The first-order valence-corrected chi connectivity index (χ1v) is 6.74. The molecule has 0 amide bonds. The normalized spacial score (nSPS) is 10.3. The molecule has 1 aromatic heterocycles. The van der Waals surface area contributed by atoms with E-state index in [1.807, 2.05) is 18.2 Å². The van der Waals surface area contributed by atoms with Crippen molar-refractivity contribution in [3.63, 3.8) is 0 Å². The highest BCUT2D eigenvalue weighted by molar-refractivity contribution is 5.90. The van der Waals surface area contributed by atoms with Gasteiger partial charge >= 0.3 is 5.97 Å². The minimum absolute atomic E-state index is 0.355. The minimum atomic E-state index is -0.361. The summed E-state index contributed by atoms with van der Waals surface area (Å²) in [5.41, 5.74) is 2.36. The molecule has 0 spiro atoms. The molecule has 0 fully saturated rings. The monoisotopic (exact) mass is 270 g/mol. The number of nitrogens with zero attached hydrogens (tertiary/aromatic N) is 2. The summed E-state index contributed by atoms with van der Waals surface area (Å²) in [6.07, 6.45) is 3.20. The molecule has 1 heterocycles. The van der Waals surface area contributed by atoms with Crippen molar-refractivity contribution < 1.29 is 9.53 Å². The van der Waals surface area contributed by atoms with Crippen LogP contribution >= 0.6 is 0 Å². The summed E-state index contributed by atoms with van der Waals surface area (Å²) in [6, 6.07) is 10.2. The van der Waals surface area contributed by atoms with E-state index in [-0.39, 0.29) is 5.97 Å². The number of rotatable bonds is 5. The van der Waals surface area contributed by atoms with Crippen LogP contribution in [0, 0.1) is 6.92 Å². The van der Waals surface area contributed by atoms with Crippen molar-refractivity contribution >= 4 is 5.97 Å². The number of benzene rings is 1.